The van der Waals surface area contributed by atoms with Crippen molar-refractivity contribution in [2.75, 3.05) is 0 Å². The number of furan rings is 1. The normalized spacial score (nSPS) is 20.8. The number of amides is 1. The molecule has 126 valence electrons. The number of carbonyl (C=O) groups excluding carboxylic acids is 1. The van der Waals surface area contributed by atoms with Crippen LogP contribution in [-0.2, 0) is 22.7 Å². The third-order valence-electron chi connectivity index (χ3n) is 4.36. The SMILES string of the molecule is O=C(O)C1CCC(C(=O)NCc2ccoc2)N1Cc1ccccc1. The van der Waals surface area contributed by atoms with Crippen molar-refractivity contribution < 1.29 is 19.1 Å². The quantitative estimate of drug-likeness (QED) is 0.847. The average Bonchev–Trinajstić information content (AvgIpc) is 3.23. The highest BCUT2D eigenvalue weighted by Gasteiger charge is 2.41. The third-order valence-corrected chi connectivity index (χ3v) is 4.36. The minimum atomic E-state index is -0.879. The lowest BCUT2D eigenvalue weighted by atomic mass is 10.1. The second-order valence-electron chi connectivity index (χ2n) is 5.95. The van der Waals surface area contributed by atoms with Crippen LogP contribution in [0.4, 0.5) is 0 Å². The molecule has 0 spiro atoms. The summed E-state index contributed by atoms with van der Waals surface area (Å²) in [5.74, 6) is -1.02. The fraction of sp³-hybridized carbons (Fsp3) is 0.333. The zero-order chi connectivity index (χ0) is 16.9. The van der Waals surface area contributed by atoms with Crippen molar-refractivity contribution in [3.05, 3.63) is 60.1 Å². The maximum atomic E-state index is 12.5. The van der Waals surface area contributed by atoms with Crippen LogP contribution in [0.3, 0.4) is 0 Å². The summed E-state index contributed by atoms with van der Waals surface area (Å²) in [7, 11) is 0. The minimum absolute atomic E-state index is 0.143. The predicted molar refractivity (Wildman–Crippen MR) is 87.0 cm³/mol. The van der Waals surface area contributed by atoms with E-state index in [9.17, 15) is 14.7 Å². The minimum Gasteiger partial charge on any atom is -0.480 e. The number of rotatable bonds is 6. The van der Waals surface area contributed by atoms with E-state index in [1.807, 2.05) is 30.3 Å². The van der Waals surface area contributed by atoms with Crippen LogP contribution in [0.25, 0.3) is 0 Å². The van der Waals surface area contributed by atoms with Gasteiger partial charge in [0.1, 0.15) is 6.04 Å². The molecule has 24 heavy (non-hydrogen) atoms. The summed E-state index contributed by atoms with van der Waals surface area (Å²) in [5, 5.41) is 12.3. The summed E-state index contributed by atoms with van der Waals surface area (Å²) in [4.78, 5) is 25.8. The Hall–Kier alpha value is -2.60. The van der Waals surface area contributed by atoms with Crippen molar-refractivity contribution >= 4 is 11.9 Å². The van der Waals surface area contributed by atoms with Crippen molar-refractivity contribution in [3.63, 3.8) is 0 Å². The van der Waals surface area contributed by atoms with E-state index in [2.05, 4.69) is 5.32 Å². The van der Waals surface area contributed by atoms with Gasteiger partial charge >= 0.3 is 5.97 Å². The van der Waals surface area contributed by atoms with Crippen molar-refractivity contribution in [1.29, 1.82) is 0 Å². The van der Waals surface area contributed by atoms with E-state index in [-0.39, 0.29) is 5.91 Å². The molecular formula is C18H20N2O4. The summed E-state index contributed by atoms with van der Waals surface area (Å²) in [6.45, 7) is 0.824. The van der Waals surface area contributed by atoms with E-state index < -0.39 is 18.1 Å². The van der Waals surface area contributed by atoms with Gasteiger partial charge in [0, 0.05) is 18.7 Å². The standard InChI is InChI=1S/C18H20N2O4/c21-17(19-10-14-8-9-24-12-14)15-6-7-16(18(22)23)20(15)11-13-4-2-1-3-5-13/h1-5,8-9,12,15-16H,6-7,10-11H2,(H,19,21)(H,22,23). The van der Waals surface area contributed by atoms with Gasteiger partial charge in [-0.1, -0.05) is 30.3 Å². The van der Waals surface area contributed by atoms with Crippen LogP contribution in [0.1, 0.15) is 24.0 Å². The van der Waals surface area contributed by atoms with Gasteiger partial charge in [0.2, 0.25) is 5.91 Å². The molecule has 6 heteroatoms. The van der Waals surface area contributed by atoms with Crippen LogP contribution >= 0.6 is 0 Å². The summed E-state index contributed by atoms with van der Waals surface area (Å²) in [6.07, 6.45) is 4.16. The molecule has 2 aromatic rings. The number of aliphatic carboxylic acids is 1. The average molecular weight is 328 g/mol. The summed E-state index contributed by atoms with van der Waals surface area (Å²) in [5.41, 5.74) is 1.88. The lowest BCUT2D eigenvalue weighted by Crippen LogP contribution is -2.47. The molecule has 1 amide bonds. The van der Waals surface area contributed by atoms with Gasteiger partial charge in [-0.05, 0) is 24.5 Å². The van der Waals surface area contributed by atoms with E-state index in [0.29, 0.717) is 25.9 Å². The highest BCUT2D eigenvalue weighted by atomic mass is 16.4. The highest BCUT2D eigenvalue weighted by Crippen LogP contribution is 2.27. The number of nitrogens with one attached hydrogen (secondary N) is 1. The smallest absolute Gasteiger partial charge is 0.320 e. The van der Waals surface area contributed by atoms with Crippen LogP contribution in [0, 0.1) is 0 Å². The third kappa shape index (κ3) is 3.65. The van der Waals surface area contributed by atoms with E-state index in [1.54, 1.807) is 23.5 Å². The number of carboxylic acids is 1. The first-order valence-corrected chi connectivity index (χ1v) is 7.96. The maximum Gasteiger partial charge on any atom is 0.320 e. The molecule has 2 heterocycles. The van der Waals surface area contributed by atoms with E-state index in [1.165, 1.54) is 0 Å². The summed E-state index contributed by atoms with van der Waals surface area (Å²) >= 11 is 0. The van der Waals surface area contributed by atoms with Crippen LogP contribution in [0.15, 0.2) is 53.3 Å². The molecule has 1 saturated heterocycles. The molecule has 0 bridgehead atoms. The lowest BCUT2D eigenvalue weighted by molar-refractivity contribution is -0.143. The second-order valence-corrected chi connectivity index (χ2v) is 5.95. The van der Waals surface area contributed by atoms with Crippen LogP contribution < -0.4 is 5.32 Å². The van der Waals surface area contributed by atoms with Crippen LogP contribution in [-0.4, -0.2) is 34.0 Å². The topological polar surface area (TPSA) is 82.8 Å². The molecule has 0 radical (unpaired) electrons. The molecule has 1 aromatic heterocycles. The van der Waals surface area contributed by atoms with E-state index in [0.717, 1.165) is 11.1 Å². The number of nitrogens with zero attached hydrogens (tertiary/aromatic N) is 1. The van der Waals surface area contributed by atoms with Gasteiger partial charge in [0.05, 0.1) is 18.6 Å². The molecule has 1 fully saturated rings. The number of likely N-dealkylation sites (tertiary alicyclic amines) is 1. The molecule has 2 N–H and O–H groups in total. The first-order chi connectivity index (χ1) is 11.6. The Labute approximate surface area is 140 Å². The van der Waals surface area contributed by atoms with E-state index in [4.69, 9.17) is 4.42 Å². The van der Waals surface area contributed by atoms with Crippen LogP contribution in [0.2, 0.25) is 0 Å². The Morgan fingerprint density at radius 2 is 1.88 bits per heavy atom. The number of hydrogen-bond donors (Lipinski definition) is 2. The molecule has 2 unspecified atom stereocenters. The Bertz CT molecular complexity index is 684. The lowest BCUT2D eigenvalue weighted by Gasteiger charge is -2.27. The van der Waals surface area contributed by atoms with E-state index >= 15 is 0 Å². The van der Waals surface area contributed by atoms with Crippen LogP contribution in [0.5, 0.6) is 0 Å². The van der Waals surface area contributed by atoms with Crippen molar-refractivity contribution in [3.8, 4) is 0 Å². The van der Waals surface area contributed by atoms with Gasteiger partial charge in [-0.2, -0.15) is 0 Å². The molecule has 1 aromatic carbocycles. The summed E-state index contributed by atoms with van der Waals surface area (Å²) in [6, 6.07) is 10.3. The Balaban J connectivity index is 1.70. The van der Waals surface area contributed by atoms with Gasteiger partial charge < -0.3 is 14.8 Å². The maximum absolute atomic E-state index is 12.5. The molecule has 0 saturated carbocycles. The van der Waals surface area contributed by atoms with Gasteiger partial charge in [0.25, 0.3) is 0 Å². The van der Waals surface area contributed by atoms with Gasteiger partial charge in [0.15, 0.2) is 0 Å². The fourth-order valence-corrected chi connectivity index (χ4v) is 3.13. The zero-order valence-electron chi connectivity index (χ0n) is 13.2. The first kappa shape index (κ1) is 16.3. The number of hydrogen-bond acceptors (Lipinski definition) is 4. The monoisotopic (exact) mass is 328 g/mol. The van der Waals surface area contributed by atoms with Crippen molar-refractivity contribution in [2.24, 2.45) is 0 Å². The van der Waals surface area contributed by atoms with Gasteiger partial charge in [-0.25, -0.2) is 0 Å². The Kier molecular flexibility index (Phi) is 4.96. The van der Waals surface area contributed by atoms with Gasteiger partial charge in [-0.3, -0.25) is 14.5 Å². The summed E-state index contributed by atoms with van der Waals surface area (Å²) < 4.78 is 4.98. The van der Waals surface area contributed by atoms with Gasteiger partial charge in [-0.15, -0.1) is 0 Å². The Morgan fingerprint density at radius 3 is 2.54 bits per heavy atom. The molecule has 6 nitrogen and oxygen atoms in total. The number of carboxylic acid groups (broad SMARTS) is 1. The molecule has 0 aliphatic carbocycles. The molecule has 2 atom stereocenters. The largest absolute Gasteiger partial charge is 0.480 e. The number of benzene rings is 1. The van der Waals surface area contributed by atoms with Crippen molar-refractivity contribution in [2.45, 2.75) is 38.0 Å². The molecule has 1 aliphatic heterocycles. The predicted octanol–water partition coefficient (Wildman–Crippen LogP) is 2.01. The zero-order valence-corrected chi connectivity index (χ0v) is 13.2. The Morgan fingerprint density at radius 1 is 1.12 bits per heavy atom. The fourth-order valence-electron chi connectivity index (χ4n) is 3.13. The van der Waals surface area contributed by atoms with Crippen molar-refractivity contribution in [1.82, 2.24) is 10.2 Å². The molecular weight excluding hydrogens is 308 g/mol. The molecule has 3 rings (SSSR count). The first-order valence-electron chi connectivity index (χ1n) is 7.96. The highest BCUT2D eigenvalue weighted by molar-refractivity contribution is 5.84. The second kappa shape index (κ2) is 7.31. The molecule has 1 aliphatic rings. The number of carbonyl (C=O) groups is 2.